The van der Waals surface area contributed by atoms with Crippen LogP contribution < -0.4 is 0 Å². The lowest BCUT2D eigenvalue weighted by atomic mass is 9.94. The summed E-state index contributed by atoms with van der Waals surface area (Å²) in [5.41, 5.74) is 2.27. The molecule has 0 radical (unpaired) electrons. The fourth-order valence-corrected chi connectivity index (χ4v) is 4.96. The highest BCUT2D eigenvalue weighted by Gasteiger charge is 2.28. The van der Waals surface area contributed by atoms with Crippen molar-refractivity contribution in [2.45, 2.75) is 57.7 Å². The van der Waals surface area contributed by atoms with Crippen molar-refractivity contribution in [3.63, 3.8) is 0 Å². The maximum atomic E-state index is 13.7. The molecule has 1 aromatic carbocycles. The second-order valence-electron chi connectivity index (χ2n) is 8.58. The third kappa shape index (κ3) is 5.39. The van der Waals surface area contributed by atoms with Crippen LogP contribution in [0.3, 0.4) is 0 Å². The molecule has 28 heavy (non-hydrogen) atoms. The molecule has 2 aromatic rings. The second-order valence-corrected chi connectivity index (χ2v) is 8.58. The lowest BCUT2D eigenvalue weighted by molar-refractivity contribution is 0.107. The second kappa shape index (κ2) is 9.62. The molecular weight excluding hydrogens is 349 g/mol. The molecule has 1 aromatic heterocycles. The number of hydrogen-bond acceptors (Lipinski definition) is 3. The lowest BCUT2D eigenvalue weighted by Crippen LogP contribution is -2.42. The Hall–Kier alpha value is -1.78. The van der Waals surface area contributed by atoms with Crippen molar-refractivity contribution < 1.29 is 4.39 Å². The average molecular weight is 382 g/mol. The van der Waals surface area contributed by atoms with Gasteiger partial charge in [-0.05, 0) is 74.0 Å². The number of halogens is 1. The van der Waals surface area contributed by atoms with Crippen molar-refractivity contribution in [1.82, 2.24) is 14.8 Å². The molecule has 0 N–H and O–H groups in total. The molecule has 0 spiro atoms. The third-order valence-corrected chi connectivity index (χ3v) is 6.43. The topological polar surface area (TPSA) is 19.4 Å². The molecule has 2 fully saturated rings. The van der Waals surface area contributed by atoms with Crippen LogP contribution in [0.4, 0.5) is 4.39 Å². The van der Waals surface area contributed by atoms with Crippen LogP contribution in [0.15, 0.2) is 48.8 Å². The molecule has 1 aliphatic heterocycles. The largest absolute Gasteiger partial charge is 0.300 e. The summed E-state index contributed by atoms with van der Waals surface area (Å²) in [6.45, 7) is 5.22. The zero-order valence-corrected chi connectivity index (χ0v) is 16.8. The molecule has 1 aliphatic carbocycles. The molecule has 2 heterocycles. The molecule has 4 rings (SSSR count). The Labute approximate surface area is 168 Å². The van der Waals surface area contributed by atoms with Crippen molar-refractivity contribution in [3.05, 3.63) is 65.7 Å². The van der Waals surface area contributed by atoms with Crippen molar-refractivity contribution in [2.24, 2.45) is 5.92 Å². The van der Waals surface area contributed by atoms with E-state index in [0.717, 1.165) is 37.2 Å². The Bertz CT molecular complexity index is 722. The summed E-state index contributed by atoms with van der Waals surface area (Å²) in [6.07, 6.45) is 12.0. The number of aromatic nitrogens is 1. The van der Waals surface area contributed by atoms with E-state index < -0.39 is 0 Å². The van der Waals surface area contributed by atoms with Gasteiger partial charge in [-0.1, -0.05) is 31.0 Å². The van der Waals surface area contributed by atoms with Gasteiger partial charge in [-0.15, -0.1) is 0 Å². The minimum Gasteiger partial charge on any atom is -0.300 e. The van der Waals surface area contributed by atoms with Crippen molar-refractivity contribution >= 4 is 0 Å². The zero-order valence-electron chi connectivity index (χ0n) is 16.8. The zero-order chi connectivity index (χ0) is 19.2. The molecule has 3 nitrogen and oxygen atoms in total. The Morgan fingerprint density at radius 2 is 1.71 bits per heavy atom. The van der Waals surface area contributed by atoms with Crippen molar-refractivity contribution in [2.75, 3.05) is 19.6 Å². The van der Waals surface area contributed by atoms with Gasteiger partial charge in [0.2, 0.25) is 0 Å². The van der Waals surface area contributed by atoms with E-state index in [2.05, 4.69) is 20.9 Å². The number of hydrogen-bond donors (Lipinski definition) is 0. The number of likely N-dealkylation sites (tertiary alicyclic amines) is 1. The van der Waals surface area contributed by atoms with Gasteiger partial charge in [0.1, 0.15) is 5.82 Å². The van der Waals surface area contributed by atoms with Crippen LogP contribution in [0.1, 0.15) is 49.7 Å². The predicted molar refractivity (Wildman–Crippen MR) is 111 cm³/mol. The van der Waals surface area contributed by atoms with Gasteiger partial charge in [0.05, 0.1) is 0 Å². The molecule has 1 saturated heterocycles. The Morgan fingerprint density at radius 1 is 0.964 bits per heavy atom. The summed E-state index contributed by atoms with van der Waals surface area (Å²) >= 11 is 0. The van der Waals surface area contributed by atoms with E-state index in [1.54, 1.807) is 6.07 Å². The molecule has 150 valence electrons. The first-order valence-electron chi connectivity index (χ1n) is 10.9. The minimum absolute atomic E-state index is 0.149. The van der Waals surface area contributed by atoms with Gasteiger partial charge in [0, 0.05) is 38.1 Å². The van der Waals surface area contributed by atoms with E-state index in [1.807, 2.05) is 30.6 Å². The molecule has 1 saturated carbocycles. The van der Waals surface area contributed by atoms with E-state index in [1.165, 1.54) is 63.2 Å². The van der Waals surface area contributed by atoms with Gasteiger partial charge in [-0.3, -0.25) is 9.88 Å². The highest BCUT2D eigenvalue weighted by Crippen LogP contribution is 2.28. The number of nitrogens with zero attached hydrogens (tertiary/aromatic N) is 3. The van der Waals surface area contributed by atoms with Crippen LogP contribution in [0.2, 0.25) is 0 Å². The molecule has 4 heteroatoms. The van der Waals surface area contributed by atoms with Crippen molar-refractivity contribution in [1.29, 1.82) is 0 Å². The maximum absolute atomic E-state index is 13.7. The van der Waals surface area contributed by atoms with Gasteiger partial charge >= 0.3 is 0 Å². The average Bonchev–Trinajstić information content (AvgIpc) is 3.24. The maximum Gasteiger partial charge on any atom is 0.123 e. The fourth-order valence-electron chi connectivity index (χ4n) is 4.96. The molecule has 0 bridgehead atoms. The third-order valence-electron chi connectivity index (χ3n) is 6.43. The summed E-state index contributed by atoms with van der Waals surface area (Å²) in [5.74, 6) is 0.576. The minimum atomic E-state index is -0.149. The fraction of sp³-hybridized carbons (Fsp3) is 0.542. The number of pyridine rings is 1. The van der Waals surface area contributed by atoms with Crippen LogP contribution in [0, 0.1) is 11.7 Å². The standard InChI is InChI=1S/C24H32FN3/c25-23-7-3-5-21(15-23)18-27(19-22-6-4-12-26-16-22)17-20-10-13-28(14-11-20)24-8-1-2-9-24/h3-7,12,15-16,20,24H,1-2,8-11,13-14,17-19H2. The van der Waals surface area contributed by atoms with E-state index in [9.17, 15) is 4.39 Å². The molecule has 2 aliphatic rings. The van der Waals surface area contributed by atoms with Crippen molar-refractivity contribution in [3.8, 4) is 0 Å². The van der Waals surface area contributed by atoms with Gasteiger partial charge in [-0.2, -0.15) is 0 Å². The molecule has 0 atom stereocenters. The summed E-state index contributed by atoms with van der Waals surface area (Å²) in [6, 6.07) is 12.0. The van der Waals surface area contributed by atoms with E-state index in [-0.39, 0.29) is 5.82 Å². The van der Waals surface area contributed by atoms with Crippen LogP contribution in [-0.2, 0) is 13.1 Å². The quantitative estimate of drug-likeness (QED) is 0.682. The number of rotatable bonds is 7. The monoisotopic (exact) mass is 381 g/mol. The Balaban J connectivity index is 1.37. The van der Waals surface area contributed by atoms with Gasteiger partial charge in [-0.25, -0.2) is 4.39 Å². The normalized spacial score (nSPS) is 19.5. The molecular formula is C24H32FN3. The summed E-state index contributed by atoms with van der Waals surface area (Å²) < 4.78 is 13.7. The predicted octanol–water partition coefficient (Wildman–Crippen LogP) is 4.88. The Kier molecular flexibility index (Phi) is 6.71. The highest BCUT2D eigenvalue weighted by atomic mass is 19.1. The first-order valence-corrected chi connectivity index (χ1v) is 10.9. The van der Waals surface area contributed by atoms with Crippen LogP contribution in [0.25, 0.3) is 0 Å². The summed E-state index contributed by atoms with van der Waals surface area (Å²) in [5, 5.41) is 0. The van der Waals surface area contributed by atoms with E-state index in [4.69, 9.17) is 0 Å². The van der Waals surface area contributed by atoms with E-state index in [0.29, 0.717) is 0 Å². The summed E-state index contributed by atoms with van der Waals surface area (Å²) in [4.78, 5) is 9.48. The van der Waals surface area contributed by atoms with Crippen LogP contribution >= 0.6 is 0 Å². The lowest BCUT2D eigenvalue weighted by Gasteiger charge is -2.38. The van der Waals surface area contributed by atoms with Crippen LogP contribution in [0.5, 0.6) is 0 Å². The van der Waals surface area contributed by atoms with Crippen LogP contribution in [-0.4, -0.2) is 40.5 Å². The number of piperidine rings is 1. The molecule has 0 amide bonds. The SMILES string of the molecule is Fc1cccc(CN(Cc2cccnc2)CC2CCN(C3CCCC3)CC2)c1. The van der Waals surface area contributed by atoms with Gasteiger partial charge in [0.15, 0.2) is 0 Å². The van der Waals surface area contributed by atoms with Gasteiger partial charge in [0.25, 0.3) is 0 Å². The smallest absolute Gasteiger partial charge is 0.123 e. The van der Waals surface area contributed by atoms with Gasteiger partial charge < -0.3 is 4.90 Å². The highest BCUT2D eigenvalue weighted by molar-refractivity contribution is 5.17. The number of benzene rings is 1. The Morgan fingerprint density at radius 3 is 2.43 bits per heavy atom. The first-order chi connectivity index (χ1) is 13.8. The van der Waals surface area contributed by atoms with E-state index >= 15 is 0 Å². The summed E-state index contributed by atoms with van der Waals surface area (Å²) in [7, 11) is 0. The first kappa shape index (κ1) is 19.5. The molecule has 0 unspecified atom stereocenters.